The largest absolute Gasteiger partial charge is 0.489 e. The third-order valence-corrected chi connectivity index (χ3v) is 4.51. The maximum Gasteiger partial charge on any atom is 0.416 e. The summed E-state index contributed by atoms with van der Waals surface area (Å²) in [5, 5.41) is 15.0. The molecule has 2 aromatic carbocycles. The molecular weight excluding hydrogens is 442 g/mol. The highest BCUT2D eigenvalue weighted by atomic mass is 19.4. The molecule has 0 saturated heterocycles. The molecular formula is C21H22F6N2O3. The van der Waals surface area contributed by atoms with Gasteiger partial charge in [0.1, 0.15) is 18.4 Å². The Morgan fingerprint density at radius 1 is 0.969 bits per heavy atom. The number of nitrogens with one attached hydrogen (secondary N) is 2. The first-order valence-electron chi connectivity index (χ1n) is 9.44. The first-order valence-corrected chi connectivity index (χ1v) is 9.44. The molecule has 0 aliphatic rings. The van der Waals surface area contributed by atoms with Crippen LogP contribution in [0.3, 0.4) is 0 Å². The Labute approximate surface area is 180 Å². The van der Waals surface area contributed by atoms with Crippen LogP contribution in [0.25, 0.3) is 0 Å². The lowest BCUT2D eigenvalue weighted by molar-refractivity contribution is -0.143. The Hall–Kier alpha value is -2.79. The van der Waals surface area contributed by atoms with E-state index in [0.717, 1.165) is 0 Å². The number of hydrogen-bond acceptors (Lipinski definition) is 4. The minimum atomic E-state index is -4.93. The number of hydrogen-bond donors (Lipinski definition) is 3. The third kappa shape index (κ3) is 7.13. The molecule has 0 aliphatic heterocycles. The molecule has 1 unspecified atom stereocenters. The summed E-state index contributed by atoms with van der Waals surface area (Å²) in [6.45, 7) is 1.19. The number of aliphatic hydroxyl groups excluding tert-OH is 1. The molecule has 3 N–H and O–H groups in total. The fraction of sp³-hybridized carbons (Fsp3) is 0.381. The molecule has 0 aromatic heterocycles. The molecule has 0 radical (unpaired) electrons. The number of carbonyl (C=O) groups is 1. The summed E-state index contributed by atoms with van der Waals surface area (Å²) in [5.74, 6) is -0.155. The average molecular weight is 464 g/mol. The molecule has 32 heavy (non-hydrogen) atoms. The van der Waals surface area contributed by atoms with Crippen LogP contribution in [0.4, 0.5) is 26.3 Å². The summed E-state index contributed by atoms with van der Waals surface area (Å²) in [6, 6.07) is 6.66. The van der Waals surface area contributed by atoms with Gasteiger partial charge in [0.05, 0.1) is 17.2 Å². The van der Waals surface area contributed by atoms with Crippen LogP contribution in [0.5, 0.6) is 5.75 Å². The third-order valence-electron chi connectivity index (χ3n) is 4.51. The van der Waals surface area contributed by atoms with Gasteiger partial charge in [0, 0.05) is 13.6 Å². The normalized spacial score (nSPS) is 14.0. The maximum absolute atomic E-state index is 12.9. The van der Waals surface area contributed by atoms with Crippen LogP contribution in [0.2, 0.25) is 0 Å². The summed E-state index contributed by atoms with van der Waals surface area (Å²) >= 11 is 0. The van der Waals surface area contributed by atoms with Gasteiger partial charge in [-0.05, 0) is 48.4 Å². The van der Waals surface area contributed by atoms with Crippen molar-refractivity contribution in [2.75, 3.05) is 7.05 Å². The first kappa shape index (κ1) is 25.5. The van der Waals surface area contributed by atoms with E-state index in [4.69, 9.17) is 4.74 Å². The zero-order chi connectivity index (χ0) is 24.1. The van der Waals surface area contributed by atoms with Crippen LogP contribution in [0, 0.1) is 0 Å². The van der Waals surface area contributed by atoms with E-state index in [1.54, 1.807) is 12.1 Å². The van der Waals surface area contributed by atoms with Crippen molar-refractivity contribution in [2.24, 2.45) is 0 Å². The number of ether oxygens (including phenoxy) is 1. The van der Waals surface area contributed by atoms with E-state index in [-0.39, 0.29) is 29.8 Å². The quantitative estimate of drug-likeness (QED) is 0.519. The van der Waals surface area contributed by atoms with Crippen molar-refractivity contribution in [2.45, 2.75) is 44.6 Å². The summed E-state index contributed by atoms with van der Waals surface area (Å²) in [4.78, 5) is 11.7. The molecule has 11 heteroatoms. The Kier molecular flexibility index (Phi) is 8.13. The van der Waals surface area contributed by atoms with Gasteiger partial charge in [-0.3, -0.25) is 10.1 Å². The molecule has 0 fully saturated rings. The lowest BCUT2D eigenvalue weighted by atomic mass is 10.1. The molecule has 2 atom stereocenters. The van der Waals surface area contributed by atoms with E-state index < -0.39 is 42.2 Å². The van der Waals surface area contributed by atoms with Gasteiger partial charge in [-0.15, -0.1) is 0 Å². The Morgan fingerprint density at radius 3 is 1.94 bits per heavy atom. The molecule has 0 heterocycles. The van der Waals surface area contributed by atoms with E-state index in [0.29, 0.717) is 17.7 Å². The highest BCUT2D eigenvalue weighted by Gasteiger charge is 2.36. The van der Waals surface area contributed by atoms with E-state index >= 15 is 0 Å². The fourth-order valence-corrected chi connectivity index (χ4v) is 2.84. The van der Waals surface area contributed by atoms with Crippen LogP contribution in [-0.2, 0) is 30.3 Å². The van der Waals surface area contributed by atoms with Gasteiger partial charge >= 0.3 is 12.4 Å². The Balaban J connectivity index is 2.06. The van der Waals surface area contributed by atoms with Gasteiger partial charge < -0.3 is 15.2 Å². The van der Waals surface area contributed by atoms with Crippen LogP contribution >= 0.6 is 0 Å². The number of benzene rings is 2. The van der Waals surface area contributed by atoms with Gasteiger partial charge in [-0.1, -0.05) is 12.1 Å². The maximum atomic E-state index is 12.9. The predicted octanol–water partition coefficient (Wildman–Crippen LogP) is 3.89. The van der Waals surface area contributed by atoms with Gasteiger partial charge in [0.25, 0.3) is 0 Å². The van der Waals surface area contributed by atoms with Crippen LogP contribution in [-0.4, -0.2) is 30.2 Å². The van der Waals surface area contributed by atoms with Crippen molar-refractivity contribution in [3.05, 3.63) is 64.7 Å². The first-order chi connectivity index (χ1) is 14.8. The monoisotopic (exact) mass is 464 g/mol. The second-order valence-electron chi connectivity index (χ2n) is 7.06. The summed E-state index contributed by atoms with van der Waals surface area (Å²) < 4.78 is 83.0. The standard InChI is InChI=1S/C21H22F6N2O3/c1-12(30)18(19(31)28-2)29-10-13-3-5-17(6-4-13)32-11-14-7-15(20(22,23)24)9-16(8-14)21(25,26)27/h3-9,12,18,29-30H,10-11H2,1-2H3,(H,28,31)/t12?,18-/m0/s1. The van der Waals surface area contributed by atoms with Crippen molar-refractivity contribution in [3.8, 4) is 5.75 Å². The molecule has 0 aliphatic carbocycles. The lowest BCUT2D eigenvalue weighted by Gasteiger charge is -2.20. The highest BCUT2D eigenvalue weighted by molar-refractivity contribution is 5.82. The van der Waals surface area contributed by atoms with Crippen molar-refractivity contribution < 1.29 is 41.0 Å². The summed E-state index contributed by atoms with van der Waals surface area (Å²) in [6.07, 6.45) is -10.8. The molecule has 2 aromatic rings. The van der Waals surface area contributed by atoms with E-state index in [1.807, 2.05) is 0 Å². The SMILES string of the molecule is CNC(=O)[C@@H](NCc1ccc(OCc2cc(C(F)(F)F)cc(C(F)(F)F)c2)cc1)C(C)O. The molecule has 2 rings (SSSR count). The van der Waals surface area contributed by atoms with Gasteiger partial charge in [-0.2, -0.15) is 26.3 Å². The van der Waals surface area contributed by atoms with Crippen molar-refractivity contribution >= 4 is 5.91 Å². The van der Waals surface area contributed by atoms with Gasteiger partial charge in [0.2, 0.25) is 5.91 Å². The van der Waals surface area contributed by atoms with E-state index in [9.17, 15) is 36.2 Å². The number of rotatable bonds is 8. The zero-order valence-corrected chi connectivity index (χ0v) is 17.1. The van der Waals surface area contributed by atoms with Crippen molar-refractivity contribution in [3.63, 3.8) is 0 Å². The molecule has 0 saturated carbocycles. The van der Waals surface area contributed by atoms with Gasteiger partial charge in [0.15, 0.2) is 0 Å². The smallest absolute Gasteiger partial charge is 0.416 e. The highest BCUT2D eigenvalue weighted by Crippen LogP contribution is 2.36. The van der Waals surface area contributed by atoms with Crippen LogP contribution in [0.15, 0.2) is 42.5 Å². The second-order valence-corrected chi connectivity index (χ2v) is 7.06. The van der Waals surface area contributed by atoms with E-state index in [2.05, 4.69) is 10.6 Å². The lowest BCUT2D eigenvalue weighted by Crippen LogP contribution is -2.49. The Morgan fingerprint density at radius 2 is 1.50 bits per heavy atom. The number of carbonyl (C=O) groups excluding carboxylic acids is 1. The van der Waals surface area contributed by atoms with Crippen LogP contribution < -0.4 is 15.4 Å². The molecule has 176 valence electrons. The molecule has 0 bridgehead atoms. The average Bonchev–Trinajstić information content (AvgIpc) is 2.71. The minimum absolute atomic E-state index is 0.0601. The number of halogens is 6. The molecule has 0 spiro atoms. The number of likely N-dealkylation sites (N-methyl/N-ethyl adjacent to an activating group) is 1. The zero-order valence-electron chi connectivity index (χ0n) is 17.1. The predicted molar refractivity (Wildman–Crippen MR) is 104 cm³/mol. The van der Waals surface area contributed by atoms with Crippen molar-refractivity contribution in [1.82, 2.24) is 10.6 Å². The summed E-state index contributed by atoms with van der Waals surface area (Å²) in [5.41, 5.74) is -2.37. The summed E-state index contributed by atoms with van der Waals surface area (Å²) in [7, 11) is 1.44. The van der Waals surface area contributed by atoms with Crippen molar-refractivity contribution in [1.29, 1.82) is 0 Å². The van der Waals surface area contributed by atoms with E-state index in [1.165, 1.54) is 26.1 Å². The topological polar surface area (TPSA) is 70.6 Å². The van der Waals surface area contributed by atoms with Gasteiger partial charge in [-0.25, -0.2) is 0 Å². The number of aliphatic hydroxyl groups is 1. The Bertz CT molecular complexity index is 879. The fourth-order valence-electron chi connectivity index (χ4n) is 2.84. The second kappa shape index (κ2) is 10.2. The molecule has 5 nitrogen and oxygen atoms in total. The minimum Gasteiger partial charge on any atom is -0.489 e. The van der Waals surface area contributed by atoms with Crippen LogP contribution in [0.1, 0.15) is 29.2 Å². The number of alkyl halides is 6. The number of amides is 1. The molecule has 1 amide bonds.